The van der Waals surface area contributed by atoms with E-state index in [0.717, 1.165) is 21.2 Å². The molecule has 1 N–H and O–H groups in total. The average molecular weight is 322 g/mol. The second-order valence-corrected chi connectivity index (χ2v) is 6.74. The molecule has 1 nitrogen and oxygen atoms in total. The van der Waals surface area contributed by atoms with Gasteiger partial charge in [0.1, 0.15) is 5.82 Å². The highest BCUT2D eigenvalue weighted by molar-refractivity contribution is 7.98. The van der Waals surface area contributed by atoms with Gasteiger partial charge in [-0.1, -0.05) is 29.8 Å². The zero-order valence-electron chi connectivity index (χ0n) is 11.6. The number of nitrogens with one attached hydrogen (secondary N) is 1. The van der Waals surface area contributed by atoms with Crippen molar-refractivity contribution < 1.29 is 4.39 Å². The van der Waals surface area contributed by atoms with E-state index in [9.17, 15) is 4.39 Å². The number of hydrogen-bond acceptors (Lipinski definition) is 2. The Morgan fingerprint density at radius 2 is 1.90 bits per heavy atom. The monoisotopic (exact) mass is 321 g/mol. The number of benzene rings is 2. The van der Waals surface area contributed by atoms with E-state index in [1.165, 1.54) is 24.5 Å². The van der Waals surface area contributed by atoms with Gasteiger partial charge in [-0.25, -0.2) is 4.39 Å². The molecule has 3 rings (SSSR count). The molecule has 4 heteroatoms. The summed E-state index contributed by atoms with van der Waals surface area (Å²) >= 11 is 7.56. The normalized spacial score (nSPS) is 14.4. The molecule has 0 amide bonds. The van der Waals surface area contributed by atoms with Crippen LogP contribution in [0.4, 0.5) is 4.39 Å². The maximum Gasteiger partial charge on any atom is 0.128 e. The highest BCUT2D eigenvalue weighted by atomic mass is 35.5. The minimum Gasteiger partial charge on any atom is -0.310 e. The average Bonchev–Trinajstić information content (AvgIpc) is 3.30. The number of rotatable bonds is 6. The van der Waals surface area contributed by atoms with E-state index in [4.69, 9.17) is 11.6 Å². The van der Waals surface area contributed by atoms with Crippen LogP contribution >= 0.6 is 23.4 Å². The maximum absolute atomic E-state index is 14.0. The van der Waals surface area contributed by atoms with Crippen LogP contribution in [0.15, 0.2) is 47.4 Å². The zero-order valence-corrected chi connectivity index (χ0v) is 13.2. The molecule has 0 aromatic heterocycles. The van der Waals surface area contributed by atoms with E-state index < -0.39 is 0 Å². The van der Waals surface area contributed by atoms with Gasteiger partial charge in [0.2, 0.25) is 0 Å². The molecule has 0 unspecified atom stereocenters. The third-order valence-electron chi connectivity index (χ3n) is 3.53. The molecule has 0 atom stereocenters. The third-order valence-corrected chi connectivity index (χ3v) is 4.95. The topological polar surface area (TPSA) is 12.0 Å². The first-order chi connectivity index (χ1) is 10.2. The summed E-state index contributed by atoms with van der Waals surface area (Å²) in [5.74, 6) is 0.695. The molecular formula is C17H17ClFNS. The van der Waals surface area contributed by atoms with Crippen LogP contribution in [0, 0.1) is 5.82 Å². The summed E-state index contributed by atoms with van der Waals surface area (Å²) < 4.78 is 14.0. The van der Waals surface area contributed by atoms with Gasteiger partial charge >= 0.3 is 0 Å². The van der Waals surface area contributed by atoms with E-state index in [-0.39, 0.29) is 5.82 Å². The molecule has 2 aromatic carbocycles. The van der Waals surface area contributed by atoms with Crippen molar-refractivity contribution in [1.82, 2.24) is 5.32 Å². The van der Waals surface area contributed by atoms with Crippen LogP contribution in [0.1, 0.15) is 24.0 Å². The molecule has 0 heterocycles. The van der Waals surface area contributed by atoms with E-state index >= 15 is 0 Å². The first-order valence-electron chi connectivity index (χ1n) is 7.10. The van der Waals surface area contributed by atoms with Gasteiger partial charge in [-0.15, -0.1) is 11.8 Å². The fraction of sp³-hybridized carbons (Fsp3) is 0.294. The van der Waals surface area contributed by atoms with Crippen molar-refractivity contribution in [2.75, 3.05) is 0 Å². The summed E-state index contributed by atoms with van der Waals surface area (Å²) in [6.07, 6.45) is 2.42. The lowest BCUT2D eigenvalue weighted by Crippen LogP contribution is -2.16. The van der Waals surface area contributed by atoms with Crippen molar-refractivity contribution >= 4 is 23.4 Å². The lowest BCUT2D eigenvalue weighted by Gasteiger charge is -2.11. The van der Waals surface area contributed by atoms with Crippen LogP contribution in [-0.2, 0) is 12.3 Å². The van der Waals surface area contributed by atoms with E-state index in [0.29, 0.717) is 12.6 Å². The molecule has 110 valence electrons. The molecule has 0 bridgehead atoms. The minimum absolute atomic E-state index is 0.121. The Balaban J connectivity index is 1.68. The summed E-state index contributed by atoms with van der Waals surface area (Å²) in [5.41, 5.74) is 1.97. The summed E-state index contributed by atoms with van der Waals surface area (Å²) in [6.45, 7) is 0.611. The molecule has 1 saturated carbocycles. The number of halogens is 2. The fourth-order valence-electron chi connectivity index (χ4n) is 2.12. The molecule has 0 spiro atoms. The van der Waals surface area contributed by atoms with Crippen LogP contribution in [0.25, 0.3) is 0 Å². The lowest BCUT2D eigenvalue weighted by atomic mass is 10.2. The smallest absolute Gasteiger partial charge is 0.128 e. The largest absolute Gasteiger partial charge is 0.310 e. The van der Waals surface area contributed by atoms with Gasteiger partial charge in [0.25, 0.3) is 0 Å². The van der Waals surface area contributed by atoms with Gasteiger partial charge in [-0.3, -0.25) is 0 Å². The van der Waals surface area contributed by atoms with Crippen LogP contribution in [0.3, 0.4) is 0 Å². The molecule has 1 aliphatic rings. The van der Waals surface area contributed by atoms with Crippen LogP contribution in [0.5, 0.6) is 0 Å². The molecule has 0 saturated heterocycles. The summed E-state index contributed by atoms with van der Waals surface area (Å²) in [4.78, 5) is 1.01. The molecule has 0 aliphatic heterocycles. The third kappa shape index (κ3) is 4.22. The summed E-state index contributed by atoms with van der Waals surface area (Å²) in [6, 6.07) is 13.7. The molecule has 1 fully saturated rings. The number of hydrogen-bond donors (Lipinski definition) is 1. The van der Waals surface area contributed by atoms with Crippen molar-refractivity contribution in [1.29, 1.82) is 0 Å². The van der Waals surface area contributed by atoms with Crippen LogP contribution in [0.2, 0.25) is 5.02 Å². The van der Waals surface area contributed by atoms with Gasteiger partial charge in [0.05, 0.1) is 0 Å². The Labute approximate surface area is 133 Å². The Morgan fingerprint density at radius 1 is 1.14 bits per heavy atom. The lowest BCUT2D eigenvalue weighted by molar-refractivity contribution is 0.579. The quantitative estimate of drug-likeness (QED) is 0.749. The van der Waals surface area contributed by atoms with Gasteiger partial charge < -0.3 is 5.32 Å². The first-order valence-corrected chi connectivity index (χ1v) is 8.47. The second-order valence-electron chi connectivity index (χ2n) is 5.29. The van der Waals surface area contributed by atoms with Gasteiger partial charge in [0, 0.05) is 33.8 Å². The maximum atomic E-state index is 14.0. The van der Waals surface area contributed by atoms with Crippen LogP contribution in [-0.4, -0.2) is 6.04 Å². The van der Waals surface area contributed by atoms with Crippen molar-refractivity contribution in [2.24, 2.45) is 0 Å². The summed E-state index contributed by atoms with van der Waals surface area (Å²) in [5, 5.41) is 4.13. The minimum atomic E-state index is -0.121. The van der Waals surface area contributed by atoms with E-state index in [1.807, 2.05) is 30.3 Å². The molecule has 21 heavy (non-hydrogen) atoms. The zero-order chi connectivity index (χ0) is 14.7. The molecule has 0 radical (unpaired) electrons. The predicted molar refractivity (Wildman–Crippen MR) is 87.3 cm³/mol. The Morgan fingerprint density at radius 3 is 2.62 bits per heavy atom. The number of thioether (sulfide) groups is 1. The molecule has 2 aromatic rings. The standard InChI is InChI=1S/C17H17ClFNS/c18-13-6-4-12(5-7-13)11-21-17-3-1-2-16(19)15(17)10-20-14-8-9-14/h1-7,14,20H,8-11H2. The fourth-order valence-corrected chi connectivity index (χ4v) is 3.28. The molecular weight excluding hydrogens is 305 g/mol. The van der Waals surface area contributed by atoms with Gasteiger partial charge in [0.15, 0.2) is 0 Å². The van der Waals surface area contributed by atoms with E-state index in [2.05, 4.69) is 5.32 Å². The van der Waals surface area contributed by atoms with Crippen molar-refractivity contribution in [3.63, 3.8) is 0 Å². The highest BCUT2D eigenvalue weighted by Crippen LogP contribution is 2.29. The van der Waals surface area contributed by atoms with Gasteiger partial charge in [-0.05, 0) is 42.7 Å². The highest BCUT2D eigenvalue weighted by Gasteiger charge is 2.21. The first kappa shape index (κ1) is 14.9. The Bertz CT molecular complexity index is 611. The van der Waals surface area contributed by atoms with Crippen molar-refractivity contribution in [2.45, 2.75) is 36.1 Å². The second kappa shape index (κ2) is 6.82. The Hall–Kier alpha value is -1.03. The van der Waals surface area contributed by atoms with Crippen molar-refractivity contribution in [3.05, 3.63) is 64.4 Å². The van der Waals surface area contributed by atoms with Crippen LogP contribution < -0.4 is 5.32 Å². The molecule has 1 aliphatic carbocycles. The van der Waals surface area contributed by atoms with E-state index in [1.54, 1.807) is 17.8 Å². The predicted octanol–water partition coefficient (Wildman–Crippen LogP) is 5.02. The summed E-state index contributed by atoms with van der Waals surface area (Å²) in [7, 11) is 0. The Kier molecular flexibility index (Phi) is 4.84. The SMILES string of the molecule is Fc1cccc(SCc2ccc(Cl)cc2)c1CNC1CC1. The van der Waals surface area contributed by atoms with Gasteiger partial charge in [-0.2, -0.15) is 0 Å². The van der Waals surface area contributed by atoms with Crippen molar-refractivity contribution in [3.8, 4) is 0 Å².